The van der Waals surface area contributed by atoms with Gasteiger partial charge >= 0.3 is 12.2 Å². The number of rotatable bonds is 2. The first kappa shape index (κ1) is 22.9. The Morgan fingerprint density at radius 1 is 1.12 bits per heavy atom. The highest BCUT2D eigenvalue weighted by molar-refractivity contribution is 5.74. The minimum Gasteiger partial charge on any atom is -0.331 e. The number of alkyl halides is 3. The molecule has 2 aromatic heterocycles. The van der Waals surface area contributed by atoms with Crippen molar-refractivity contribution in [1.29, 1.82) is 0 Å². The van der Waals surface area contributed by atoms with Crippen LogP contribution in [-0.4, -0.2) is 63.8 Å². The van der Waals surface area contributed by atoms with E-state index in [0.717, 1.165) is 35.7 Å². The third-order valence-corrected chi connectivity index (χ3v) is 7.20. The molecule has 9 heteroatoms. The standard InChI is InChI=1S/C23H32F3N5O/c1-14-9-10-30(22(32)29(3)4)13-18(14)20-11-15(2)27-21-12-19(28-31(20)21)16-5-7-17(8-6-16)23(24,25)26/h11-12,14,16-18H,5-10,13H2,1-4H3/t14-,16?,17?,18-/m1/s1. The Kier molecular flexibility index (Phi) is 6.11. The summed E-state index contributed by atoms with van der Waals surface area (Å²) in [6.45, 7) is 5.49. The Hall–Kier alpha value is -2.32. The summed E-state index contributed by atoms with van der Waals surface area (Å²) in [7, 11) is 3.52. The van der Waals surface area contributed by atoms with Crippen LogP contribution in [0.4, 0.5) is 18.0 Å². The molecule has 2 atom stereocenters. The molecule has 1 aliphatic heterocycles. The Morgan fingerprint density at radius 3 is 2.44 bits per heavy atom. The number of fused-ring (bicyclic) bond motifs is 1. The van der Waals surface area contributed by atoms with Gasteiger partial charge in [0.25, 0.3) is 0 Å². The van der Waals surface area contributed by atoms with E-state index in [0.29, 0.717) is 25.3 Å². The van der Waals surface area contributed by atoms with Crippen molar-refractivity contribution in [1.82, 2.24) is 24.4 Å². The van der Waals surface area contributed by atoms with Crippen LogP contribution < -0.4 is 0 Å². The molecule has 0 aromatic carbocycles. The monoisotopic (exact) mass is 451 g/mol. The van der Waals surface area contributed by atoms with Crippen LogP contribution in [0.1, 0.15) is 67.9 Å². The second kappa shape index (κ2) is 8.56. The molecule has 1 saturated heterocycles. The van der Waals surface area contributed by atoms with Crippen LogP contribution in [0.3, 0.4) is 0 Å². The second-order valence-electron chi connectivity index (χ2n) is 9.75. The van der Waals surface area contributed by atoms with E-state index in [1.165, 1.54) is 0 Å². The maximum atomic E-state index is 13.1. The van der Waals surface area contributed by atoms with E-state index in [-0.39, 0.29) is 30.7 Å². The zero-order valence-electron chi connectivity index (χ0n) is 19.2. The first-order chi connectivity index (χ1) is 15.0. The van der Waals surface area contributed by atoms with Gasteiger partial charge in [-0.05, 0) is 51.0 Å². The molecule has 32 heavy (non-hydrogen) atoms. The highest BCUT2D eigenvalue weighted by Crippen LogP contribution is 2.43. The second-order valence-corrected chi connectivity index (χ2v) is 9.75. The summed E-state index contributed by atoms with van der Waals surface area (Å²) in [5.41, 5.74) is 3.46. The zero-order valence-corrected chi connectivity index (χ0v) is 19.2. The predicted molar refractivity (Wildman–Crippen MR) is 116 cm³/mol. The molecule has 6 nitrogen and oxygen atoms in total. The number of aromatic nitrogens is 3. The highest BCUT2D eigenvalue weighted by Gasteiger charge is 2.42. The van der Waals surface area contributed by atoms with Crippen LogP contribution in [0.25, 0.3) is 5.65 Å². The number of hydrogen-bond donors (Lipinski definition) is 0. The fraction of sp³-hybridized carbons (Fsp3) is 0.696. The van der Waals surface area contributed by atoms with Crippen molar-refractivity contribution < 1.29 is 18.0 Å². The van der Waals surface area contributed by atoms with E-state index in [4.69, 9.17) is 5.10 Å². The summed E-state index contributed by atoms with van der Waals surface area (Å²) in [5.74, 6) is -0.680. The average Bonchev–Trinajstić information content (AvgIpc) is 3.16. The lowest BCUT2D eigenvalue weighted by Gasteiger charge is -2.38. The maximum absolute atomic E-state index is 13.1. The van der Waals surface area contributed by atoms with E-state index in [2.05, 4.69) is 11.9 Å². The number of aryl methyl sites for hydroxylation is 1. The molecule has 0 unspecified atom stereocenters. The fourth-order valence-electron chi connectivity index (χ4n) is 5.24. The third-order valence-electron chi connectivity index (χ3n) is 7.20. The summed E-state index contributed by atoms with van der Waals surface area (Å²) in [6, 6.07) is 3.98. The molecule has 0 spiro atoms. The van der Waals surface area contributed by atoms with Gasteiger partial charge in [-0.15, -0.1) is 0 Å². The van der Waals surface area contributed by atoms with Crippen LogP contribution in [0.5, 0.6) is 0 Å². The first-order valence-electron chi connectivity index (χ1n) is 11.4. The van der Waals surface area contributed by atoms with Gasteiger partial charge in [0.1, 0.15) is 0 Å². The summed E-state index contributed by atoms with van der Waals surface area (Å²) in [6.07, 6.45) is -1.91. The summed E-state index contributed by atoms with van der Waals surface area (Å²) in [5, 5.41) is 4.84. The molecule has 2 aliphatic rings. The van der Waals surface area contributed by atoms with Gasteiger partial charge in [-0.2, -0.15) is 18.3 Å². The molecule has 0 radical (unpaired) electrons. The molecule has 0 bridgehead atoms. The number of amides is 2. The summed E-state index contributed by atoms with van der Waals surface area (Å²) < 4.78 is 41.0. The van der Waals surface area contributed by atoms with E-state index in [1.54, 1.807) is 19.0 Å². The number of hydrogen-bond acceptors (Lipinski definition) is 3. The van der Waals surface area contributed by atoms with Gasteiger partial charge in [-0.3, -0.25) is 0 Å². The van der Waals surface area contributed by atoms with Crippen molar-refractivity contribution in [2.45, 2.75) is 64.0 Å². The van der Waals surface area contributed by atoms with Crippen LogP contribution in [-0.2, 0) is 0 Å². The van der Waals surface area contributed by atoms with Crippen molar-refractivity contribution in [3.8, 4) is 0 Å². The van der Waals surface area contributed by atoms with E-state index < -0.39 is 12.1 Å². The fourth-order valence-corrected chi connectivity index (χ4v) is 5.24. The lowest BCUT2D eigenvalue weighted by atomic mass is 9.80. The third kappa shape index (κ3) is 4.43. The molecular formula is C23H32F3N5O. The SMILES string of the molecule is Cc1cc([C@@H]2CN(C(=O)N(C)C)CC[C@H]2C)n2nc(C3CCC(C(F)(F)F)CC3)cc2n1. The number of piperidine rings is 1. The molecule has 176 valence electrons. The van der Waals surface area contributed by atoms with Gasteiger partial charge in [0, 0.05) is 50.8 Å². The van der Waals surface area contributed by atoms with Gasteiger partial charge in [-0.1, -0.05) is 6.92 Å². The number of halogens is 3. The largest absolute Gasteiger partial charge is 0.391 e. The Balaban J connectivity index is 1.62. The van der Waals surface area contributed by atoms with Crippen LogP contribution >= 0.6 is 0 Å². The van der Waals surface area contributed by atoms with Crippen LogP contribution in [0, 0.1) is 18.8 Å². The van der Waals surface area contributed by atoms with Crippen molar-refractivity contribution in [3.05, 3.63) is 29.2 Å². The van der Waals surface area contributed by atoms with Crippen LogP contribution in [0.2, 0.25) is 0 Å². The molecule has 4 rings (SSSR count). The number of likely N-dealkylation sites (tertiary alicyclic amines) is 1. The first-order valence-corrected chi connectivity index (χ1v) is 11.4. The lowest BCUT2D eigenvalue weighted by Crippen LogP contribution is -2.46. The Bertz CT molecular complexity index is 978. The summed E-state index contributed by atoms with van der Waals surface area (Å²) >= 11 is 0. The van der Waals surface area contributed by atoms with Crippen molar-refractivity contribution in [3.63, 3.8) is 0 Å². The molecule has 0 N–H and O–H groups in total. The van der Waals surface area contributed by atoms with Gasteiger partial charge in [0.05, 0.1) is 17.3 Å². The number of carbonyl (C=O) groups is 1. The Labute approximate surface area is 186 Å². The minimum atomic E-state index is -4.11. The van der Waals surface area contributed by atoms with Crippen molar-refractivity contribution >= 4 is 11.7 Å². The highest BCUT2D eigenvalue weighted by atomic mass is 19.4. The smallest absolute Gasteiger partial charge is 0.331 e. The molecule has 1 saturated carbocycles. The lowest BCUT2D eigenvalue weighted by molar-refractivity contribution is -0.182. The van der Waals surface area contributed by atoms with E-state index >= 15 is 0 Å². The van der Waals surface area contributed by atoms with Gasteiger partial charge < -0.3 is 9.80 Å². The zero-order chi connectivity index (χ0) is 23.2. The van der Waals surface area contributed by atoms with E-state index in [9.17, 15) is 18.0 Å². The minimum absolute atomic E-state index is 0.00602. The number of urea groups is 1. The normalized spacial score (nSPS) is 27.0. The van der Waals surface area contributed by atoms with Crippen molar-refractivity contribution in [2.24, 2.45) is 11.8 Å². The molecule has 2 amide bonds. The van der Waals surface area contributed by atoms with E-state index in [1.807, 2.05) is 28.5 Å². The van der Waals surface area contributed by atoms with Crippen molar-refractivity contribution in [2.75, 3.05) is 27.2 Å². The average molecular weight is 452 g/mol. The van der Waals surface area contributed by atoms with Gasteiger partial charge in [0.2, 0.25) is 0 Å². The molecule has 2 fully saturated rings. The number of nitrogens with zero attached hydrogens (tertiary/aromatic N) is 5. The quantitative estimate of drug-likeness (QED) is 0.647. The molecular weight excluding hydrogens is 419 g/mol. The Morgan fingerprint density at radius 2 is 1.81 bits per heavy atom. The molecule has 3 heterocycles. The van der Waals surface area contributed by atoms with Gasteiger partial charge in [0.15, 0.2) is 5.65 Å². The molecule has 2 aromatic rings. The summed E-state index contributed by atoms with van der Waals surface area (Å²) in [4.78, 5) is 20.7. The number of carbonyl (C=O) groups excluding carboxylic acids is 1. The van der Waals surface area contributed by atoms with Crippen LogP contribution in [0.15, 0.2) is 12.1 Å². The topological polar surface area (TPSA) is 53.7 Å². The maximum Gasteiger partial charge on any atom is 0.391 e. The van der Waals surface area contributed by atoms with Gasteiger partial charge in [-0.25, -0.2) is 14.3 Å². The predicted octanol–water partition coefficient (Wildman–Crippen LogP) is 4.98. The molecule has 1 aliphatic carbocycles.